The highest BCUT2D eigenvalue weighted by molar-refractivity contribution is 5.31. The maximum atomic E-state index is 13.8. The fourth-order valence-electron chi connectivity index (χ4n) is 2.59. The molecule has 106 valence electrons. The van der Waals surface area contributed by atoms with Crippen molar-refractivity contribution in [1.29, 1.82) is 0 Å². The predicted molar refractivity (Wildman–Crippen MR) is 72.9 cm³/mol. The highest BCUT2D eigenvalue weighted by atomic mass is 19.1. The van der Waals surface area contributed by atoms with Crippen LogP contribution in [0.3, 0.4) is 0 Å². The standard InChI is InChI=1S/C15H22FNO2/c1-3-17-14(8-11-6-7-19-10-11)12-4-5-15(18-2)13(16)9-12/h4-5,9,11,14,17H,3,6-8,10H2,1-2H3. The molecule has 0 radical (unpaired) electrons. The van der Waals surface area contributed by atoms with Gasteiger partial charge in [0.05, 0.1) is 7.11 Å². The van der Waals surface area contributed by atoms with E-state index in [1.54, 1.807) is 12.1 Å². The van der Waals surface area contributed by atoms with Gasteiger partial charge < -0.3 is 14.8 Å². The zero-order valence-electron chi connectivity index (χ0n) is 11.6. The lowest BCUT2D eigenvalue weighted by Gasteiger charge is -2.21. The molecule has 19 heavy (non-hydrogen) atoms. The van der Waals surface area contributed by atoms with Crippen LogP contribution in [-0.4, -0.2) is 26.9 Å². The van der Waals surface area contributed by atoms with E-state index in [-0.39, 0.29) is 11.9 Å². The van der Waals surface area contributed by atoms with Crippen molar-refractivity contribution in [1.82, 2.24) is 5.32 Å². The quantitative estimate of drug-likeness (QED) is 0.859. The first-order valence-corrected chi connectivity index (χ1v) is 6.89. The van der Waals surface area contributed by atoms with Crippen LogP contribution in [0.4, 0.5) is 4.39 Å². The SMILES string of the molecule is CCNC(CC1CCOC1)c1ccc(OC)c(F)c1. The second-order valence-electron chi connectivity index (χ2n) is 4.97. The maximum Gasteiger partial charge on any atom is 0.165 e. The van der Waals surface area contributed by atoms with Gasteiger partial charge in [-0.1, -0.05) is 13.0 Å². The van der Waals surface area contributed by atoms with Gasteiger partial charge in [-0.25, -0.2) is 4.39 Å². The molecule has 1 fully saturated rings. The number of hydrogen-bond acceptors (Lipinski definition) is 3. The first-order valence-electron chi connectivity index (χ1n) is 6.89. The van der Waals surface area contributed by atoms with Crippen LogP contribution < -0.4 is 10.1 Å². The smallest absolute Gasteiger partial charge is 0.165 e. The van der Waals surface area contributed by atoms with Crippen LogP contribution in [0.5, 0.6) is 5.75 Å². The Morgan fingerprint density at radius 2 is 2.37 bits per heavy atom. The number of ether oxygens (including phenoxy) is 2. The molecule has 1 aliphatic rings. The summed E-state index contributed by atoms with van der Waals surface area (Å²) in [4.78, 5) is 0. The normalized spacial score (nSPS) is 20.5. The Labute approximate surface area is 114 Å². The van der Waals surface area contributed by atoms with Crippen molar-refractivity contribution in [3.63, 3.8) is 0 Å². The number of nitrogens with one attached hydrogen (secondary N) is 1. The summed E-state index contributed by atoms with van der Waals surface area (Å²) < 4.78 is 24.2. The van der Waals surface area contributed by atoms with Crippen molar-refractivity contribution in [3.8, 4) is 5.75 Å². The molecule has 2 unspecified atom stereocenters. The summed E-state index contributed by atoms with van der Waals surface area (Å²) in [5.41, 5.74) is 0.979. The summed E-state index contributed by atoms with van der Waals surface area (Å²) in [5, 5.41) is 3.43. The van der Waals surface area contributed by atoms with Crippen LogP contribution in [0.25, 0.3) is 0 Å². The average Bonchev–Trinajstić information content (AvgIpc) is 2.91. The van der Waals surface area contributed by atoms with Crippen molar-refractivity contribution in [2.24, 2.45) is 5.92 Å². The van der Waals surface area contributed by atoms with E-state index in [1.165, 1.54) is 7.11 Å². The Kier molecular flexibility index (Phi) is 5.16. The van der Waals surface area contributed by atoms with Crippen molar-refractivity contribution in [2.45, 2.75) is 25.8 Å². The lowest BCUT2D eigenvalue weighted by atomic mass is 9.94. The van der Waals surface area contributed by atoms with E-state index in [2.05, 4.69) is 12.2 Å². The minimum absolute atomic E-state index is 0.178. The molecular formula is C15H22FNO2. The third-order valence-corrected chi connectivity index (χ3v) is 3.62. The summed E-state index contributed by atoms with van der Waals surface area (Å²) in [6, 6.07) is 5.38. The third kappa shape index (κ3) is 3.67. The van der Waals surface area contributed by atoms with E-state index in [4.69, 9.17) is 9.47 Å². The van der Waals surface area contributed by atoms with Gasteiger partial charge in [0, 0.05) is 19.3 Å². The summed E-state index contributed by atoms with van der Waals surface area (Å²) in [6.45, 7) is 4.60. The minimum Gasteiger partial charge on any atom is -0.494 e. The zero-order chi connectivity index (χ0) is 13.7. The van der Waals surface area contributed by atoms with Crippen molar-refractivity contribution in [2.75, 3.05) is 26.9 Å². The van der Waals surface area contributed by atoms with Crippen molar-refractivity contribution >= 4 is 0 Å². The van der Waals surface area contributed by atoms with Gasteiger partial charge in [-0.15, -0.1) is 0 Å². The average molecular weight is 267 g/mol. The summed E-state index contributed by atoms with van der Waals surface area (Å²) in [6.07, 6.45) is 2.08. The topological polar surface area (TPSA) is 30.5 Å². The zero-order valence-corrected chi connectivity index (χ0v) is 11.6. The molecule has 1 aliphatic heterocycles. The fraction of sp³-hybridized carbons (Fsp3) is 0.600. The third-order valence-electron chi connectivity index (χ3n) is 3.62. The molecule has 2 rings (SSSR count). The molecule has 1 saturated heterocycles. The molecule has 2 atom stereocenters. The van der Waals surface area contributed by atoms with E-state index in [0.29, 0.717) is 11.7 Å². The molecule has 1 aromatic rings. The lowest BCUT2D eigenvalue weighted by Crippen LogP contribution is -2.24. The van der Waals surface area contributed by atoms with Gasteiger partial charge >= 0.3 is 0 Å². The number of methoxy groups -OCH3 is 1. The second-order valence-corrected chi connectivity index (χ2v) is 4.97. The highest BCUT2D eigenvalue weighted by Gasteiger charge is 2.22. The number of halogens is 1. The highest BCUT2D eigenvalue weighted by Crippen LogP contribution is 2.28. The van der Waals surface area contributed by atoms with Gasteiger partial charge in [0.25, 0.3) is 0 Å². The van der Waals surface area contributed by atoms with Gasteiger partial charge in [-0.2, -0.15) is 0 Å². The van der Waals surface area contributed by atoms with Gasteiger partial charge in [-0.05, 0) is 43.0 Å². The van der Waals surface area contributed by atoms with Crippen LogP contribution in [0.15, 0.2) is 18.2 Å². The summed E-state index contributed by atoms with van der Waals surface area (Å²) >= 11 is 0. The largest absolute Gasteiger partial charge is 0.494 e. The molecule has 1 aromatic carbocycles. The van der Waals surface area contributed by atoms with Crippen LogP contribution in [0.1, 0.15) is 31.4 Å². The predicted octanol–water partition coefficient (Wildman–Crippen LogP) is 2.91. The molecule has 0 spiro atoms. The second kappa shape index (κ2) is 6.87. The molecule has 0 bridgehead atoms. The molecule has 0 saturated carbocycles. The van der Waals surface area contributed by atoms with E-state index < -0.39 is 0 Å². The van der Waals surface area contributed by atoms with Crippen molar-refractivity contribution < 1.29 is 13.9 Å². The Bertz CT molecular complexity index is 405. The molecule has 1 heterocycles. The molecule has 0 amide bonds. The molecular weight excluding hydrogens is 245 g/mol. The Morgan fingerprint density at radius 3 is 2.95 bits per heavy atom. The Morgan fingerprint density at radius 1 is 1.53 bits per heavy atom. The molecule has 0 aliphatic carbocycles. The Balaban J connectivity index is 2.10. The molecule has 3 nitrogen and oxygen atoms in total. The number of rotatable bonds is 6. The van der Waals surface area contributed by atoms with Crippen LogP contribution in [0.2, 0.25) is 0 Å². The number of hydrogen-bond donors (Lipinski definition) is 1. The van der Waals surface area contributed by atoms with Gasteiger partial charge in [0.1, 0.15) is 0 Å². The first-order chi connectivity index (χ1) is 9.24. The van der Waals surface area contributed by atoms with E-state index >= 15 is 0 Å². The molecule has 1 N–H and O–H groups in total. The van der Waals surface area contributed by atoms with E-state index in [9.17, 15) is 4.39 Å². The fourth-order valence-corrected chi connectivity index (χ4v) is 2.59. The van der Waals surface area contributed by atoms with Crippen LogP contribution in [0, 0.1) is 11.7 Å². The Hall–Kier alpha value is -1.13. The summed E-state index contributed by atoms with van der Waals surface area (Å²) in [5.74, 6) is 0.558. The van der Waals surface area contributed by atoms with Gasteiger partial charge in [-0.3, -0.25) is 0 Å². The monoisotopic (exact) mass is 267 g/mol. The molecule has 0 aromatic heterocycles. The van der Waals surface area contributed by atoms with E-state index in [1.807, 2.05) is 6.07 Å². The van der Waals surface area contributed by atoms with Gasteiger partial charge in [0.2, 0.25) is 0 Å². The van der Waals surface area contributed by atoms with Crippen LogP contribution >= 0.6 is 0 Å². The van der Waals surface area contributed by atoms with Gasteiger partial charge in [0.15, 0.2) is 11.6 Å². The van der Waals surface area contributed by atoms with Crippen LogP contribution in [-0.2, 0) is 4.74 Å². The summed E-state index contributed by atoms with van der Waals surface area (Å²) in [7, 11) is 1.48. The molecule has 4 heteroatoms. The minimum atomic E-state index is -0.300. The number of benzene rings is 1. The first kappa shape index (κ1) is 14.3. The lowest BCUT2D eigenvalue weighted by molar-refractivity contribution is 0.181. The van der Waals surface area contributed by atoms with Crippen molar-refractivity contribution in [3.05, 3.63) is 29.6 Å². The maximum absolute atomic E-state index is 13.8. The van der Waals surface area contributed by atoms with E-state index in [0.717, 1.165) is 38.2 Å².